The lowest BCUT2D eigenvalue weighted by Crippen LogP contribution is -2.56. The van der Waals surface area contributed by atoms with E-state index in [9.17, 15) is 9.50 Å². The topological polar surface area (TPSA) is 77.9 Å². The first-order chi connectivity index (χ1) is 22.3. The van der Waals surface area contributed by atoms with Crippen molar-refractivity contribution in [2.24, 2.45) is 0 Å². The van der Waals surface area contributed by atoms with E-state index >= 15 is 4.39 Å². The molecule has 4 fully saturated rings. The van der Waals surface area contributed by atoms with Gasteiger partial charge in [-0.25, -0.2) is 8.78 Å². The van der Waals surface area contributed by atoms with Gasteiger partial charge in [0.2, 0.25) is 0 Å². The molecule has 238 valence electrons. The van der Waals surface area contributed by atoms with Crippen LogP contribution < -0.4 is 9.64 Å². The highest BCUT2D eigenvalue weighted by Gasteiger charge is 2.45. The van der Waals surface area contributed by atoms with Crippen molar-refractivity contribution in [2.45, 2.75) is 76.0 Å². The van der Waals surface area contributed by atoms with Crippen molar-refractivity contribution >= 4 is 27.5 Å². The highest BCUT2D eigenvalue weighted by atomic mass is 19.1. The van der Waals surface area contributed by atoms with E-state index in [0.29, 0.717) is 46.7 Å². The first-order valence-electron chi connectivity index (χ1n) is 16.4. The highest BCUT2D eigenvalue weighted by molar-refractivity contribution is 6.03. The number of phenols is 1. The minimum Gasteiger partial charge on any atom is -0.508 e. The number of rotatable bonds is 6. The number of phenolic OH excluding ortho intramolecular Hbond substituents is 1. The van der Waals surface area contributed by atoms with E-state index in [1.807, 2.05) is 0 Å². The Morgan fingerprint density at radius 3 is 2.52 bits per heavy atom. The minimum atomic E-state index is -0.699. The summed E-state index contributed by atoms with van der Waals surface area (Å²) in [6.07, 6.45) is 13.9. The number of aromatic hydroxyl groups is 1. The summed E-state index contributed by atoms with van der Waals surface area (Å²) >= 11 is 0. The Bertz CT molecular complexity index is 1880. The van der Waals surface area contributed by atoms with Gasteiger partial charge in [0.1, 0.15) is 35.2 Å². The summed E-state index contributed by atoms with van der Waals surface area (Å²) in [6.45, 7) is 8.60. The van der Waals surface area contributed by atoms with Crippen LogP contribution in [0.3, 0.4) is 0 Å². The number of halogens is 2. The Morgan fingerprint density at radius 1 is 1.09 bits per heavy atom. The lowest BCUT2D eigenvalue weighted by atomic mass is 9.95. The fraction of sp³-hybridized carbons (Fsp3) is 0.472. The molecule has 4 aliphatic heterocycles. The van der Waals surface area contributed by atoms with Crippen molar-refractivity contribution < 1.29 is 18.6 Å². The smallest absolute Gasteiger partial charge is 0.319 e. The largest absolute Gasteiger partial charge is 0.508 e. The van der Waals surface area contributed by atoms with Gasteiger partial charge in [0.05, 0.1) is 16.5 Å². The third-order valence-corrected chi connectivity index (χ3v) is 10.8. The standard InChI is InChI=1S/C36H38F2N6O2/c1-4-26-29(37)10-7-22-15-25(45)16-27(30(22)26)32-31(38)33-28(17-39-32)34(42-18-23-8-9-24(19-42)44(23)21(2)3)41-35(40-33)46-20-36-11-5-13-43(36)14-6-12-36/h1,7,10,15-17,21,23-24,45H,5-6,8-9,11-14,18-20H2,2-3H3. The monoisotopic (exact) mass is 624 g/mol. The zero-order chi connectivity index (χ0) is 31.7. The molecule has 4 aliphatic rings. The van der Waals surface area contributed by atoms with Gasteiger partial charge in [0, 0.05) is 48.4 Å². The summed E-state index contributed by atoms with van der Waals surface area (Å²) in [5.41, 5.74) is 0.146. The van der Waals surface area contributed by atoms with Crippen molar-refractivity contribution in [1.29, 1.82) is 0 Å². The maximum atomic E-state index is 16.9. The fourth-order valence-electron chi connectivity index (χ4n) is 8.88. The first kappa shape index (κ1) is 29.3. The lowest BCUT2D eigenvalue weighted by Gasteiger charge is -2.44. The Hall–Kier alpha value is -4.07. The van der Waals surface area contributed by atoms with E-state index in [1.54, 1.807) is 6.20 Å². The molecule has 10 heteroatoms. The van der Waals surface area contributed by atoms with Crippen LogP contribution in [0.25, 0.3) is 32.9 Å². The van der Waals surface area contributed by atoms with Crippen LogP contribution in [0.1, 0.15) is 57.9 Å². The Labute approximate surface area is 267 Å². The molecular weight excluding hydrogens is 586 g/mol. The fourth-order valence-corrected chi connectivity index (χ4v) is 8.88. The molecule has 8 nitrogen and oxygen atoms in total. The summed E-state index contributed by atoms with van der Waals surface area (Å²) in [5.74, 6) is 1.60. The number of hydrogen-bond acceptors (Lipinski definition) is 8. The van der Waals surface area contributed by atoms with Crippen LogP contribution in [-0.4, -0.2) is 86.3 Å². The van der Waals surface area contributed by atoms with Gasteiger partial charge in [0.15, 0.2) is 5.82 Å². The second kappa shape index (κ2) is 11.0. The minimum absolute atomic E-state index is 0.0170. The number of aromatic nitrogens is 3. The molecule has 1 N–H and O–H groups in total. The third-order valence-electron chi connectivity index (χ3n) is 10.8. The molecule has 2 bridgehead atoms. The molecule has 0 spiro atoms. The van der Waals surface area contributed by atoms with Crippen molar-refractivity contribution in [2.75, 3.05) is 37.7 Å². The van der Waals surface area contributed by atoms with Crippen LogP contribution in [0.5, 0.6) is 11.8 Å². The van der Waals surface area contributed by atoms with Crippen molar-refractivity contribution in [3.8, 4) is 35.4 Å². The van der Waals surface area contributed by atoms with Crippen LogP contribution in [0.2, 0.25) is 0 Å². The highest BCUT2D eigenvalue weighted by Crippen LogP contribution is 2.42. The van der Waals surface area contributed by atoms with Crippen LogP contribution in [0.4, 0.5) is 14.6 Å². The Kier molecular flexibility index (Phi) is 7.03. The molecule has 2 unspecified atom stereocenters. The van der Waals surface area contributed by atoms with Gasteiger partial charge in [-0.15, -0.1) is 6.42 Å². The van der Waals surface area contributed by atoms with E-state index in [-0.39, 0.29) is 39.6 Å². The molecular formula is C36H38F2N6O2. The second-order valence-corrected chi connectivity index (χ2v) is 13.7. The van der Waals surface area contributed by atoms with E-state index in [4.69, 9.17) is 16.1 Å². The molecule has 2 atom stereocenters. The summed E-state index contributed by atoms with van der Waals surface area (Å²) in [5, 5.41) is 11.8. The quantitative estimate of drug-likeness (QED) is 0.267. The van der Waals surface area contributed by atoms with Crippen molar-refractivity contribution in [3.05, 3.63) is 47.7 Å². The van der Waals surface area contributed by atoms with Gasteiger partial charge in [0.25, 0.3) is 0 Å². The first-order valence-corrected chi connectivity index (χ1v) is 16.4. The predicted octanol–water partition coefficient (Wildman–Crippen LogP) is 5.88. The molecule has 0 radical (unpaired) electrons. The molecule has 46 heavy (non-hydrogen) atoms. The summed E-state index contributed by atoms with van der Waals surface area (Å²) in [7, 11) is 0. The number of pyridine rings is 1. The van der Waals surface area contributed by atoms with Crippen LogP contribution >= 0.6 is 0 Å². The van der Waals surface area contributed by atoms with Gasteiger partial charge in [-0.3, -0.25) is 14.8 Å². The number of benzene rings is 2. The van der Waals surface area contributed by atoms with Gasteiger partial charge in [-0.2, -0.15) is 9.97 Å². The zero-order valence-electron chi connectivity index (χ0n) is 26.3. The van der Waals surface area contributed by atoms with Crippen LogP contribution in [-0.2, 0) is 0 Å². The summed E-state index contributed by atoms with van der Waals surface area (Å²) in [4.78, 5) is 21.5. The van der Waals surface area contributed by atoms with Crippen molar-refractivity contribution in [1.82, 2.24) is 24.8 Å². The van der Waals surface area contributed by atoms with Gasteiger partial charge < -0.3 is 14.7 Å². The summed E-state index contributed by atoms with van der Waals surface area (Å²) in [6, 6.07) is 6.95. The number of hydrogen-bond donors (Lipinski definition) is 1. The normalized spacial score (nSPS) is 22.7. The van der Waals surface area contributed by atoms with Crippen LogP contribution in [0, 0.1) is 24.0 Å². The van der Waals surface area contributed by atoms with Gasteiger partial charge in [-0.1, -0.05) is 12.0 Å². The Morgan fingerprint density at radius 2 is 1.83 bits per heavy atom. The Balaban J connectivity index is 1.27. The number of nitrogens with zero attached hydrogens (tertiary/aromatic N) is 6. The maximum absolute atomic E-state index is 16.9. The van der Waals surface area contributed by atoms with E-state index in [2.05, 4.69) is 44.4 Å². The molecule has 4 saturated heterocycles. The number of piperazine rings is 1. The third kappa shape index (κ3) is 4.58. The molecule has 0 saturated carbocycles. The van der Waals surface area contributed by atoms with E-state index in [1.165, 1.54) is 24.3 Å². The second-order valence-electron chi connectivity index (χ2n) is 13.7. The van der Waals surface area contributed by atoms with Gasteiger partial charge in [-0.05, 0) is 89.0 Å². The number of ether oxygens (including phenoxy) is 1. The van der Waals surface area contributed by atoms with Gasteiger partial charge >= 0.3 is 6.01 Å². The van der Waals surface area contributed by atoms with E-state index in [0.717, 1.165) is 64.7 Å². The molecule has 0 aliphatic carbocycles. The molecule has 2 aromatic heterocycles. The number of fused-ring (bicyclic) bond motifs is 5. The number of anilines is 1. The van der Waals surface area contributed by atoms with E-state index < -0.39 is 11.6 Å². The maximum Gasteiger partial charge on any atom is 0.319 e. The SMILES string of the molecule is C#Cc1c(F)ccc2cc(O)cc(-c3ncc4c(N5CC6CCC(C5)N6C(C)C)nc(OCC56CCCN5CCC6)nc4c3F)c12. The molecule has 8 rings (SSSR count). The van der Waals surface area contributed by atoms with Crippen molar-refractivity contribution in [3.63, 3.8) is 0 Å². The molecule has 4 aromatic rings. The lowest BCUT2D eigenvalue weighted by molar-refractivity contribution is 0.107. The molecule has 6 heterocycles. The molecule has 0 amide bonds. The molecule has 2 aromatic carbocycles. The predicted molar refractivity (Wildman–Crippen MR) is 174 cm³/mol. The average Bonchev–Trinajstić information content (AvgIpc) is 3.70. The average molecular weight is 625 g/mol. The summed E-state index contributed by atoms with van der Waals surface area (Å²) < 4.78 is 38.2. The zero-order valence-corrected chi connectivity index (χ0v) is 26.3. The number of terminal acetylenes is 1. The van der Waals surface area contributed by atoms with Crippen LogP contribution in [0.15, 0.2) is 30.5 Å².